The Morgan fingerprint density at radius 3 is 2.60 bits per heavy atom. The zero-order valence-electron chi connectivity index (χ0n) is 11.3. The van der Waals surface area contributed by atoms with Gasteiger partial charge in [-0.05, 0) is 23.3 Å². The Hall–Kier alpha value is -1.94. The van der Waals surface area contributed by atoms with E-state index in [0.717, 1.165) is 16.9 Å². The van der Waals surface area contributed by atoms with E-state index in [1.807, 2.05) is 54.6 Å². The molecule has 20 heavy (non-hydrogen) atoms. The number of rotatable bonds is 6. The summed E-state index contributed by atoms with van der Waals surface area (Å²) in [7, 11) is 1.64. The quantitative estimate of drug-likeness (QED) is 0.888. The van der Waals surface area contributed by atoms with Crippen LogP contribution in [0.3, 0.4) is 0 Å². The molecule has 4 heteroatoms. The predicted molar refractivity (Wildman–Crippen MR) is 82.7 cm³/mol. The van der Waals surface area contributed by atoms with Crippen LogP contribution in [0.4, 0.5) is 0 Å². The van der Waals surface area contributed by atoms with Crippen LogP contribution in [0.25, 0.3) is 0 Å². The van der Waals surface area contributed by atoms with Crippen LogP contribution in [-0.2, 0) is 10.5 Å². The molecule has 0 saturated carbocycles. The minimum Gasteiger partial charge on any atom is -0.497 e. The molecule has 0 aliphatic rings. The first-order chi connectivity index (χ1) is 9.70. The first kappa shape index (κ1) is 14.5. The van der Waals surface area contributed by atoms with Gasteiger partial charge < -0.3 is 10.5 Å². The normalized spacial score (nSPS) is 11.8. The van der Waals surface area contributed by atoms with Crippen LogP contribution >= 0.6 is 11.8 Å². The lowest BCUT2D eigenvalue weighted by atomic mass is 10.1. The number of primary amides is 1. The molecule has 1 atom stereocenters. The number of methoxy groups -OCH3 is 1. The van der Waals surface area contributed by atoms with Crippen molar-refractivity contribution in [1.82, 2.24) is 0 Å². The molecule has 0 fully saturated rings. The summed E-state index contributed by atoms with van der Waals surface area (Å²) in [6.45, 7) is 0. The molecular formula is C16H17NO2S. The van der Waals surface area contributed by atoms with Crippen molar-refractivity contribution in [2.24, 2.45) is 5.73 Å². The van der Waals surface area contributed by atoms with E-state index in [4.69, 9.17) is 10.5 Å². The number of hydrogen-bond acceptors (Lipinski definition) is 3. The monoisotopic (exact) mass is 287 g/mol. The number of carbonyl (C=O) groups is 1. The number of nitrogens with two attached hydrogens (primary N) is 1. The predicted octanol–water partition coefficient (Wildman–Crippen LogP) is 3.16. The molecule has 0 saturated heterocycles. The van der Waals surface area contributed by atoms with Gasteiger partial charge in [-0.1, -0.05) is 42.5 Å². The Morgan fingerprint density at radius 2 is 1.95 bits per heavy atom. The molecule has 1 unspecified atom stereocenters. The second kappa shape index (κ2) is 7.01. The summed E-state index contributed by atoms with van der Waals surface area (Å²) < 4.78 is 5.19. The summed E-state index contributed by atoms with van der Waals surface area (Å²) in [6.07, 6.45) is 0. The molecule has 104 valence electrons. The zero-order valence-corrected chi connectivity index (χ0v) is 12.1. The van der Waals surface area contributed by atoms with Crippen molar-refractivity contribution >= 4 is 17.7 Å². The van der Waals surface area contributed by atoms with E-state index in [-0.39, 0.29) is 11.2 Å². The van der Waals surface area contributed by atoms with Crippen LogP contribution in [0, 0.1) is 0 Å². The maximum Gasteiger partial charge on any atom is 0.235 e. The third-order valence-electron chi connectivity index (χ3n) is 2.91. The summed E-state index contributed by atoms with van der Waals surface area (Å²) in [4.78, 5) is 11.6. The van der Waals surface area contributed by atoms with Gasteiger partial charge >= 0.3 is 0 Å². The average molecular weight is 287 g/mol. The van der Waals surface area contributed by atoms with E-state index < -0.39 is 0 Å². The SMILES string of the molecule is COc1cccc(CSC(C(N)=O)c2ccccc2)c1. The molecule has 2 aromatic carbocycles. The Bertz CT molecular complexity index is 572. The highest BCUT2D eigenvalue weighted by Gasteiger charge is 2.18. The smallest absolute Gasteiger partial charge is 0.235 e. The molecule has 2 rings (SSSR count). The fraction of sp³-hybridized carbons (Fsp3) is 0.188. The fourth-order valence-electron chi connectivity index (χ4n) is 1.91. The Kier molecular flexibility index (Phi) is 5.07. The number of amides is 1. The molecule has 0 aliphatic heterocycles. The van der Waals surface area contributed by atoms with Crippen LogP contribution in [0.2, 0.25) is 0 Å². The van der Waals surface area contributed by atoms with E-state index in [1.165, 1.54) is 11.8 Å². The Balaban J connectivity index is 2.08. The van der Waals surface area contributed by atoms with Gasteiger partial charge in [0.15, 0.2) is 0 Å². The van der Waals surface area contributed by atoms with Gasteiger partial charge in [0, 0.05) is 5.75 Å². The van der Waals surface area contributed by atoms with E-state index in [9.17, 15) is 4.79 Å². The number of hydrogen-bond donors (Lipinski definition) is 1. The highest BCUT2D eigenvalue weighted by molar-refractivity contribution is 7.99. The summed E-state index contributed by atoms with van der Waals surface area (Å²) in [5.41, 5.74) is 7.55. The molecule has 2 N–H and O–H groups in total. The van der Waals surface area contributed by atoms with Crippen molar-refractivity contribution in [3.63, 3.8) is 0 Å². The molecule has 0 heterocycles. The lowest BCUT2D eigenvalue weighted by Gasteiger charge is -2.13. The van der Waals surface area contributed by atoms with E-state index in [1.54, 1.807) is 7.11 Å². The minimum atomic E-state index is -0.331. The summed E-state index contributed by atoms with van der Waals surface area (Å²) in [5, 5.41) is -0.331. The highest BCUT2D eigenvalue weighted by atomic mass is 32.2. The van der Waals surface area contributed by atoms with Gasteiger partial charge in [0.05, 0.1) is 7.11 Å². The lowest BCUT2D eigenvalue weighted by molar-refractivity contribution is -0.117. The van der Waals surface area contributed by atoms with Crippen LogP contribution in [-0.4, -0.2) is 13.0 Å². The average Bonchev–Trinajstić information content (AvgIpc) is 2.48. The molecular weight excluding hydrogens is 270 g/mol. The number of ether oxygens (including phenoxy) is 1. The first-order valence-electron chi connectivity index (χ1n) is 6.29. The van der Waals surface area contributed by atoms with Crippen LogP contribution in [0.5, 0.6) is 5.75 Å². The number of carbonyl (C=O) groups excluding carboxylic acids is 1. The van der Waals surface area contributed by atoms with Crippen molar-refractivity contribution in [2.45, 2.75) is 11.0 Å². The van der Waals surface area contributed by atoms with Crippen molar-refractivity contribution in [2.75, 3.05) is 7.11 Å². The topological polar surface area (TPSA) is 52.3 Å². The van der Waals surface area contributed by atoms with Crippen molar-refractivity contribution in [3.8, 4) is 5.75 Å². The van der Waals surface area contributed by atoms with E-state index in [0.29, 0.717) is 5.75 Å². The molecule has 0 aromatic heterocycles. The van der Waals surface area contributed by atoms with Gasteiger partial charge in [-0.25, -0.2) is 0 Å². The molecule has 1 amide bonds. The molecule has 0 spiro atoms. The fourth-order valence-corrected chi connectivity index (χ4v) is 2.96. The van der Waals surface area contributed by atoms with Gasteiger partial charge in [-0.2, -0.15) is 0 Å². The second-order valence-electron chi connectivity index (χ2n) is 4.36. The summed E-state index contributed by atoms with van der Waals surface area (Å²) >= 11 is 1.52. The molecule has 3 nitrogen and oxygen atoms in total. The molecule has 0 aliphatic carbocycles. The summed E-state index contributed by atoms with van der Waals surface area (Å²) in [5.74, 6) is 1.21. The van der Waals surface area contributed by atoms with Gasteiger partial charge in [-0.15, -0.1) is 11.8 Å². The minimum absolute atomic E-state index is 0.316. The highest BCUT2D eigenvalue weighted by Crippen LogP contribution is 2.31. The van der Waals surface area contributed by atoms with Gasteiger partial charge in [-0.3, -0.25) is 4.79 Å². The van der Waals surface area contributed by atoms with Crippen LogP contribution in [0.1, 0.15) is 16.4 Å². The third-order valence-corrected chi connectivity index (χ3v) is 4.25. The maximum atomic E-state index is 11.6. The second-order valence-corrected chi connectivity index (χ2v) is 5.45. The van der Waals surface area contributed by atoms with Crippen LogP contribution in [0.15, 0.2) is 54.6 Å². The van der Waals surface area contributed by atoms with E-state index in [2.05, 4.69) is 0 Å². The van der Waals surface area contributed by atoms with Crippen LogP contribution < -0.4 is 10.5 Å². The van der Waals surface area contributed by atoms with Crippen molar-refractivity contribution < 1.29 is 9.53 Å². The Labute approximate surface area is 123 Å². The largest absolute Gasteiger partial charge is 0.497 e. The van der Waals surface area contributed by atoms with Gasteiger partial charge in [0.25, 0.3) is 0 Å². The maximum absolute atomic E-state index is 11.6. The molecule has 0 radical (unpaired) electrons. The lowest BCUT2D eigenvalue weighted by Crippen LogP contribution is -2.19. The van der Waals surface area contributed by atoms with Gasteiger partial charge in [0.1, 0.15) is 11.0 Å². The number of benzene rings is 2. The first-order valence-corrected chi connectivity index (χ1v) is 7.34. The molecule has 2 aromatic rings. The standard InChI is InChI=1S/C16H17NO2S/c1-19-14-9-5-6-12(10-14)11-20-15(16(17)18)13-7-3-2-4-8-13/h2-10,15H,11H2,1H3,(H2,17,18). The summed E-state index contributed by atoms with van der Waals surface area (Å²) in [6, 6.07) is 17.4. The molecule has 0 bridgehead atoms. The zero-order chi connectivity index (χ0) is 14.4. The number of thioether (sulfide) groups is 1. The third kappa shape index (κ3) is 3.78. The van der Waals surface area contributed by atoms with E-state index >= 15 is 0 Å². The van der Waals surface area contributed by atoms with Gasteiger partial charge in [0.2, 0.25) is 5.91 Å². The van der Waals surface area contributed by atoms with Crippen molar-refractivity contribution in [1.29, 1.82) is 0 Å². The van der Waals surface area contributed by atoms with Crippen molar-refractivity contribution in [3.05, 3.63) is 65.7 Å². The Morgan fingerprint density at radius 1 is 1.20 bits per heavy atom.